The number of rotatable bonds is 7. The first-order valence-electron chi connectivity index (χ1n) is 11.2. The topological polar surface area (TPSA) is 82.9 Å². The summed E-state index contributed by atoms with van der Waals surface area (Å²) in [4.78, 5) is 25.0. The zero-order valence-corrected chi connectivity index (χ0v) is 20.0. The maximum atomic E-state index is 12.6. The Bertz CT molecular complexity index is 1210. The van der Waals surface area contributed by atoms with Crippen LogP contribution < -0.4 is 10.9 Å². The first kappa shape index (κ1) is 24.6. The zero-order chi connectivity index (χ0) is 24.6. The van der Waals surface area contributed by atoms with E-state index in [0.29, 0.717) is 11.1 Å². The standard InChI is InChI=1S/C28H30N4O2/c1-5-20-12-14-21(15-13-20)18-29-31-26(33)24-10-6-8-22(16-24)23-9-7-11-25(17-23)27(34)32-30-19-28(2,3)4/h6-19H,5H2,1-4H3,(H,31,33)(H,32,34)/b29-18+,30-19+. The van der Waals surface area contributed by atoms with Gasteiger partial charge in [-0.25, -0.2) is 10.9 Å². The molecule has 174 valence electrons. The van der Waals surface area contributed by atoms with Crippen molar-refractivity contribution >= 4 is 24.2 Å². The largest absolute Gasteiger partial charge is 0.271 e. The smallest absolute Gasteiger partial charge is 0.267 e. The molecule has 0 saturated carbocycles. The quantitative estimate of drug-likeness (QED) is 0.368. The van der Waals surface area contributed by atoms with Crippen molar-refractivity contribution in [3.8, 4) is 11.1 Å². The number of carbonyl (C=O) groups is 2. The molecule has 0 atom stereocenters. The number of hydrogen-bond acceptors (Lipinski definition) is 4. The van der Waals surface area contributed by atoms with Gasteiger partial charge in [0, 0.05) is 17.3 Å². The van der Waals surface area contributed by atoms with Crippen LogP contribution in [0.2, 0.25) is 0 Å². The number of hydrogen-bond donors (Lipinski definition) is 2. The first-order chi connectivity index (χ1) is 16.2. The van der Waals surface area contributed by atoms with Gasteiger partial charge in [0.15, 0.2) is 0 Å². The van der Waals surface area contributed by atoms with Crippen LogP contribution in [0.1, 0.15) is 59.5 Å². The lowest BCUT2D eigenvalue weighted by molar-refractivity contribution is 0.0947. The summed E-state index contributed by atoms with van der Waals surface area (Å²) in [6.45, 7) is 8.11. The Morgan fingerprint density at radius 2 is 1.32 bits per heavy atom. The van der Waals surface area contributed by atoms with Gasteiger partial charge in [0.25, 0.3) is 11.8 Å². The highest BCUT2D eigenvalue weighted by Crippen LogP contribution is 2.22. The molecule has 3 rings (SSSR count). The summed E-state index contributed by atoms with van der Waals surface area (Å²) in [6, 6.07) is 22.4. The molecule has 0 saturated heterocycles. The van der Waals surface area contributed by atoms with E-state index < -0.39 is 0 Å². The maximum Gasteiger partial charge on any atom is 0.271 e. The first-order valence-corrected chi connectivity index (χ1v) is 11.2. The molecule has 0 fully saturated rings. The molecule has 34 heavy (non-hydrogen) atoms. The summed E-state index contributed by atoms with van der Waals surface area (Å²) < 4.78 is 0. The van der Waals surface area contributed by atoms with Crippen molar-refractivity contribution in [3.05, 3.63) is 95.1 Å². The second-order valence-electron chi connectivity index (χ2n) is 9.02. The molecule has 3 aromatic rings. The van der Waals surface area contributed by atoms with E-state index in [0.717, 1.165) is 23.1 Å². The number of nitrogens with one attached hydrogen (secondary N) is 2. The fourth-order valence-corrected chi connectivity index (χ4v) is 3.10. The summed E-state index contributed by atoms with van der Waals surface area (Å²) in [7, 11) is 0. The number of nitrogens with zero attached hydrogens (tertiary/aromatic N) is 2. The Balaban J connectivity index is 1.69. The molecule has 2 amide bonds. The summed E-state index contributed by atoms with van der Waals surface area (Å²) in [6.07, 6.45) is 4.29. The minimum Gasteiger partial charge on any atom is -0.267 e. The van der Waals surface area contributed by atoms with E-state index in [4.69, 9.17) is 0 Å². The van der Waals surface area contributed by atoms with Gasteiger partial charge in [-0.2, -0.15) is 10.2 Å². The van der Waals surface area contributed by atoms with Crippen LogP contribution in [-0.2, 0) is 6.42 Å². The van der Waals surface area contributed by atoms with Crippen molar-refractivity contribution in [2.45, 2.75) is 34.1 Å². The van der Waals surface area contributed by atoms with Gasteiger partial charge in [-0.15, -0.1) is 0 Å². The van der Waals surface area contributed by atoms with E-state index in [1.54, 1.807) is 48.8 Å². The van der Waals surface area contributed by atoms with Gasteiger partial charge in [-0.1, -0.05) is 76.2 Å². The Morgan fingerprint density at radius 1 is 0.794 bits per heavy atom. The number of benzene rings is 3. The van der Waals surface area contributed by atoms with Crippen LogP contribution in [-0.4, -0.2) is 24.2 Å². The van der Waals surface area contributed by atoms with E-state index >= 15 is 0 Å². The lowest BCUT2D eigenvalue weighted by atomic mass is 9.99. The van der Waals surface area contributed by atoms with Gasteiger partial charge in [0.05, 0.1) is 6.21 Å². The second-order valence-corrected chi connectivity index (χ2v) is 9.02. The van der Waals surface area contributed by atoms with Crippen LogP contribution in [0.4, 0.5) is 0 Å². The molecule has 3 aromatic carbocycles. The van der Waals surface area contributed by atoms with E-state index in [-0.39, 0.29) is 17.2 Å². The lowest BCUT2D eigenvalue weighted by Gasteiger charge is -2.10. The molecule has 0 unspecified atom stereocenters. The van der Waals surface area contributed by atoms with Crippen LogP contribution in [0.25, 0.3) is 11.1 Å². The van der Waals surface area contributed by atoms with Crippen LogP contribution in [0.15, 0.2) is 83.0 Å². The third-order valence-corrected chi connectivity index (χ3v) is 4.97. The summed E-state index contributed by atoms with van der Waals surface area (Å²) in [5.74, 6) is -0.605. The Labute approximate surface area is 200 Å². The summed E-state index contributed by atoms with van der Waals surface area (Å²) >= 11 is 0. The molecular formula is C28H30N4O2. The molecule has 0 aromatic heterocycles. The Kier molecular flexibility index (Phi) is 8.09. The van der Waals surface area contributed by atoms with Gasteiger partial charge in [-0.3, -0.25) is 9.59 Å². The summed E-state index contributed by atoms with van der Waals surface area (Å²) in [5.41, 5.74) is 9.76. The number of carbonyl (C=O) groups excluding carboxylic acids is 2. The maximum absolute atomic E-state index is 12.6. The van der Waals surface area contributed by atoms with Crippen molar-refractivity contribution in [2.75, 3.05) is 0 Å². The lowest BCUT2D eigenvalue weighted by Crippen LogP contribution is -2.19. The third-order valence-electron chi connectivity index (χ3n) is 4.97. The highest BCUT2D eigenvalue weighted by molar-refractivity contribution is 5.97. The monoisotopic (exact) mass is 454 g/mol. The molecule has 0 aliphatic carbocycles. The molecule has 0 heterocycles. The van der Waals surface area contributed by atoms with Gasteiger partial charge in [-0.05, 0) is 58.4 Å². The zero-order valence-electron chi connectivity index (χ0n) is 20.0. The number of aryl methyl sites for hydroxylation is 1. The van der Waals surface area contributed by atoms with Crippen molar-refractivity contribution in [3.63, 3.8) is 0 Å². The Morgan fingerprint density at radius 3 is 1.82 bits per heavy atom. The minimum absolute atomic E-state index is 0.125. The molecule has 0 radical (unpaired) electrons. The van der Waals surface area contributed by atoms with Gasteiger partial charge < -0.3 is 0 Å². The average molecular weight is 455 g/mol. The third kappa shape index (κ3) is 7.24. The highest BCUT2D eigenvalue weighted by Gasteiger charge is 2.10. The molecular weight excluding hydrogens is 424 g/mol. The van der Waals surface area contributed by atoms with Gasteiger partial charge in [0.1, 0.15) is 0 Å². The summed E-state index contributed by atoms with van der Waals surface area (Å²) in [5, 5.41) is 8.09. The van der Waals surface area contributed by atoms with E-state index in [9.17, 15) is 9.59 Å². The van der Waals surface area contributed by atoms with Gasteiger partial charge in [0.2, 0.25) is 0 Å². The van der Waals surface area contributed by atoms with Crippen molar-refractivity contribution in [2.24, 2.45) is 15.6 Å². The van der Waals surface area contributed by atoms with Crippen molar-refractivity contribution < 1.29 is 9.59 Å². The fraction of sp³-hybridized carbons (Fsp3) is 0.214. The SMILES string of the molecule is CCc1ccc(/C=N/NC(=O)c2cccc(-c3cccc(C(=O)N/N=C/C(C)(C)C)c3)c2)cc1. The molecule has 0 aliphatic heterocycles. The molecule has 2 N–H and O–H groups in total. The fourth-order valence-electron chi connectivity index (χ4n) is 3.10. The molecule has 0 spiro atoms. The van der Waals surface area contributed by atoms with E-state index in [1.807, 2.05) is 57.2 Å². The van der Waals surface area contributed by atoms with Crippen LogP contribution in [0.3, 0.4) is 0 Å². The minimum atomic E-state index is -0.311. The predicted molar refractivity (Wildman–Crippen MR) is 138 cm³/mol. The molecule has 6 heteroatoms. The van der Waals surface area contributed by atoms with E-state index in [2.05, 4.69) is 28.0 Å². The van der Waals surface area contributed by atoms with Crippen LogP contribution in [0, 0.1) is 5.41 Å². The second kappa shape index (κ2) is 11.2. The molecule has 0 aliphatic rings. The number of amides is 2. The van der Waals surface area contributed by atoms with Gasteiger partial charge >= 0.3 is 0 Å². The normalized spacial score (nSPS) is 11.6. The average Bonchev–Trinajstić information content (AvgIpc) is 2.83. The van der Waals surface area contributed by atoms with E-state index in [1.165, 1.54) is 5.56 Å². The Hall–Kier alpha value is -4.06. The number of hydrazone groups is 2. The van der Waals surface area contributed by atoms with Crippen molar-refractivity contribution in [1.82, 2.24) is 10.9 Å². The predicted octanol–water partition coefficient (Wildman–Crippen LogP) is 5.44. The van der Waals surface area contributed by atoms with Crippen LogP contribution >= 0.6 is 0 Å². The highest BCUT2D eigenvalue weighted by atomic mass is 16.2. The van der Waals surface area contributed by atoms with Crippen molar-refractivity contribution in [1.29, 1.82) is 0 Å². The molecule has 6 nitrogen and oxygen atoms in total. The molecule has 0 bridgehead atoms. The van der Waals surface area contributed by atoms with Crippen LogP contribution in [0.5, 0.6) is 0 Å².